The predicted molar refractivity (Wildman–Crippen MR) is 32.7 cm³/mol. The highest BCUT2D eigenvalue weighted by Gasteiger charge is 2.10. The molecule has 0 bridgehead atoms. The Labute approximate surface area is 57.4 Å². The summed E-state index contributed by atoms with van der Waals surface area (Å²) in [6.07, 6.45) is 0. The normalized spacial score (nSPS) is 12.2. The van der Waals surface area contributed by atoms with Gasteiger partial charge in [0.05, 0.1) is 0 Å². The number of amides is 2. The third-order valence-electron chi connectivity index (χ3n) is 0.580. The summed E-state index contributed by atoms with van der Waals surface area (Å²) in [5, 5.41) is 2.09. The zero-order chi connectivity index (χ0) is 7.44. The van der Waals surface area contributed by atoms with Crippen LogP contribution in [0.1, 0.15) is 6.92 Å². The molecular formula is C4H7ClN2O2. The van der Waals surface area contributed by atoms with Gasteiger partial charge in [0.1, 0.15) is 0 Å². The Balaban J connectivity index is 3.63. The maximum absolute atomic E-state index is 10.2. The van der Waals surface area contributed by atoms with Crippen molar-refractivity contribution in [3.63, 3.8) is 0 Å². The monoisotopic (exact) mass is 150 g/mol. The second-order valence-electron chi connectivity index (χ2n) is 1.47. The third-order valence-corrected chi connectivity index (χ3v) is 0.904. The van der Waals surface area contributed by atoms with Gasteiger partial charge >= 0.3 is 0 Å². The van der Waals surface area contributed by atoms with Gasteiger partial charge in [0.15, 0.2) is 5.50 Å². The summed E-state index contributed by atoms with van der Waals surface area (Å²) in [5.74, 6) is -1.14. The lowest BCUT2D eigenvalue weighted by atomic mass is 10.5. The second-order valence-corrected chi connectivity index (χ2v) is 1.90. The molecule has 0 rings (SSSR count). The van der Waals surface area contributed by atoms with Gasteiger partial charge < -0.3 is 11.1 Å². The van der Waals surface area contributed by atoms with Crippen molar-refractivity contribution < 1.29 is 9.59 Å². The maximum Gasteiger partial charge on any atom is 0.255 e. The number of nitrogens with one attached hydrogen (secondary N) is 1. The topological polar surface area (TPSA) is 72.2 Å². The van der Waals surface area contributed by atoms with E-state index in [0.29, 0.717) is 0 Å². The Morgan fingerprint density at radius 3 is 2.22 bits per heavy atom. The van der Waals surface area contributed by atoms with E-state index >= 15 is 0 Å². The Kier molecular flexibility index (Phi) is 3.01. The lowest BCUT2D eigenvalue weighted by molar-refractivity contribution is -0.124. The molecule has 1 unspecified atom stereocenters. The maximum atomic E-state index is 10.2. The highest BCUT2D eigenvalue weighted by Crippen LogP contribution is 1.86. The van der Waals surface area contributed by atoms with Crippen LogP contribution < -0.4 is 11.1 Å². The van der Waals surface area contributed by atoms with E-state index in [2.05, 4.69) is 5.32 Å². The first kappa shape index (κ1) is 8.23. The molecule has 0 radical (unpaired) electrons. The zero-order valence-electron chi connectivity index (χ0n) is 4.85. The molecule has 0 fully saturated rings. The fourth-order valence-corrected chi connectivity index (χ4v) is 0.403. The van der Waals surface area contributed by atoms with Crippen molar-refractivity contribution in [1.29, 1.82) is 0 Å². The van der Waals surface area contributed by atoms with Crippen molar-refractivity contribution in [1.82, 2.24) is 5.32 Å². The van der Waals surface area contributed by atoms with Crippen LogP contribution >= 0.6 is 11.6 Å². The van der Waals surface area contributed by atoms with E-state index in [4.69, 9.17) is 17.3 Å². The number of carbonyl (C=O) groups excluding carboxylic acids is 2. The van der Waals surface area contributed by atoms with Gasteiger partial charge in [0, 0.05) is 6.92 Å². The molecule has 9 heavy (non-hydrogen) atoms. The van der Waals surface area contributed by atoms with E-state index in [0.717, 1.165) is 0 Å². The van der Waals surface area contributed by atoms with E-state index in [1.165, 1.54) is 6.92 Å². The van der Waals surface area contributed by atoms with Crippen molar-refractivity contribution >= 4 is 23.4 Å². The predicted octanol–water partition coefficient (Wildman–Crippen LogP) is -0.827. The molecule has 5 heteroatoms. The van der Waals surface area contributed by atoms with Gasteiger partial charge in [-0.05, 0) is 0 Å². The highest BCUT2D eigenvalue weighted by atomic mass is 35.5. The number of hydrogen-bond donors (Lipinski definition) is 2. The van der Waals surface area contributed by atoms with E-state index in [1.54, 1.807) is 0 Å². The molecule has 0 aliphatic carbocycles. The summed E-state index contributed by atoms with van der Waals surface area (Å²) in [6.45, 7) is 1.25. The Morgan fingerprint density at radius 2 is 2.11 bits per heavy atom. The molecule has 0 saturated carbocycles. The van der Waals surface area contributed by atoms with E-state index in [-0.39, 0.29) is 5.91 Å². The summed E-state index contributed by atoms with van der Waals surface area (Å²) in [7, 11) is 0. The van der Waals surface area contributed by atoms with Crippen LogP contribution in [0.4, 0.5) is 0 Å². The molecule has 0 saturated heterocycles. The lowest BCUT2D eigenvalue weighted by Gasteiger charge is -2.03. The average Bonchev–Trinajstić information content (AvgIpc) is 1.63. The summed E-state index contributed by atoms with van der Waals surface area (Å²) in [5.41, 5.74) is 3.60. The highest BCUT2D eigenvalue weighted by molar-refractivity contribution is 6.31. The van der Waals surface area contributed by atoms with Gasteiger partial charge in [-0.3, -0.25) is 9.59 Å². The van der Waals surface area contributed by atoms with Gasteiger partial charge in [0.25, 0.3) is 5.91 Å². The van der Waals surface area contributed by atoms with E-state index in [1.807, 2.05) is 0 Å². The quantitative estimate of drug-likeness (QED) is 0.399. The first-order valence-corrected chi connectivity index (χ1v) is 2.68. The molecule has 4 nitrogen and oxygen atoms in total. The van der Waals surface area contributed by atoms with Crippen LogP contribution in [-0.2, 0) is 9.59 Å². The Hall–Kier alpha value is -0.770. The summed E-state index contributed by atoms with van der Waals surface area (Å²) >= 11 is 5.20. The van der Waals surface area contributed by atoms with Crippen molar-refractivity contribution in [2.24, 2.45) is 5.73 Å². The van der Waals surface area contributed by atoms with Gasteiger partial charge in [-0.2, -0.15) is 0 Å². The summed E-state index contributed by atoms with van der Waals surface area (Å²) < 4.78 is 0. The molecule has 0 spiro atoms. The second kappa shape index (κ2) is 3.29. The molecule has 0 aromatic rings. The molecule has 0 aromatic heterocycles. The summed E-state index contributed by atoms with van der Waals surface area (Å²) in [6, 6.07) is 0. The van der Waals surface area contributed by atoms with Crippen LogP contribution in [-0.4, -0.2) is 17.3 Å². The first-order valence-electron chi connectivity index (χ1n) is 2.24. The van der Waals surface area contributed by atoms with E-state index in [9.17, 15) is 9.59 Å². The Morgan fingerprint density at radius 1 is 1.67 bits per heavy atom. The molecule has 0 aliphatic heterocycles. The zero-order valence-corrected chi connectivity index (χ0v) is 5.61. The van der Waals surface area contributed by atoms with Gasteiger partial charge in [-0.15, -0.1) is 0 Å². The largest absolute Gasteiger partial charge is 0.367 e. The molecule has 3 N–H and O–H groups in total. The number of carbonyl (C=O) groups is 2. The minimum atomic E-state index is -1.09. The number of primary amides is 1. The molecule has 0 aromatic carbocycles. The van der Waals surface area contributed by atoms with Crippen LogP contribution in [0, 0.1) is 0 Å². The average molecular weight is 151 g/mol. The number of rotatable bonds is 2. The third kappa shape index (κ3) is 3.78. The minimum absolute atomic E-state index is 0.381. The molecule has 0 heterocycles. The standard InChI is InChI=1S/C4H7ClN2O2/c1-2(8)7-3(5)4(6)9/h3H,1H3,(H2,6,9)(H,7,8). The van der Waals surface area contributed by atoms with Crippen LogP contribution in [0.15, 0.2) is 0 Å². The SMILES string of the molecule is CC(=O)NC(Cl)C(N)=O. The van der Waals surface area contributed by atoms with Crippen molar-refractivity contribution in [2.75, 3.05) is 0 Å². The smallest absolute Gasteiger partial charge is 0.255 e. The fraction of sp³-hybridized carbons (Fsp3) is 0.500. The van der Waals surface area contributed by atoms with Gasteiger partial charge in [-0.1, -0.05) is 11.6 Å². The van der Waals surface area contributed by atoms with Crippen LogP contribution in [0.25, 0.3) is 0 Å². The molecule has 2 amide bonds. The van der Waals surface area contributed by atoms with Crippen LogP contribution in [0.2, 0.25) is 0 Å². The van der Waals surface area contributed by atoms with Crippen molar-refractivity contribution in [2.45, 2.75) is 12.4 Å². The van der Waals surface area contributed by atoms with Crippen molar-refractivity contribution in [3.8, 4) is 0 Å². The van der Waals surface area contributed by atoms with Gasteiger partial charge in [-0.25, -0.2) is 0 Å². The van der Waals surface area contributed by atoms with Crippen molar-refractivity contribution in [3.05, 3.63) is 0 Å². The van der Waals surface area contributed by atoms with Crippen LogP contribution in [0.3, 0.4) is 0 Å². The lowest BCUT2D eigenvalue weighted by Crippen LogP contribution is -2.39. The number of hydrogen-bond acceptors (Lipinski definition) is 2. The van der Waals surface area contributed by atoms with Gasteiger partial charge in [0.2, 0.25) is 5.91 Å². The summed E-state index contributed by atoms with van der Waals surface area (Å²) in [4.78, 5) is 20.3. The molecule has 0 aliphatic rings. The molecule has 1 atom stereocenters. The molecule has 52 valence electrons. The van der Waals surface area contributed by atoms with Crippen LogP contribution in [0.5, 0.6) is 0 Å². The van der Waals surface area contributed by atoms with E-state index < -0.39 is 11.4 Å². The fourth-order valence-electron chi connectivity index (χ4n) is 0.250. The number of nitrogens with two attached hydrogens (primary N) is 1. The molecular weight excluding hydrogens is 144 g/mol. The Bertz CT molecular complexity index is 137. The number of halogens is 1. The number of alkyl halides is 1. The minimum Gasteiger partial charge on any atom is -0.367 e. The first-order chi connectivity index (χ1) is 4.04.